The standard InChI is InChI=1S/C14H16O4/c1-8-6-10-11(15)4-5-12(16)14(10,7-9(8)2)13(17)18-3/h4-5,10H,6-7H2,1-3H3. The molecule has 0 aliphatic heterocycles. The minimum absolute atomic E-state index is 0.160. The van der Waals surface area contributed by atoms with Gasteiger partial charge in [0.25, 0.3) is 0 Å². The molecule has 0 bridgehead atoms. The molecule has 0 N–H and O–H groups in total. The lowest BCUT2D eigenvalue weighted by molar-refractivity contribution is -0.164. The minimum Gasteiger partial charge on any atom is -0.468 e. The fraction of sp³-hybridized carbons (Fsp3) is 0.500. The average Bonchev–Trinajstić information content (AvgIpc) is 2.35. The largest absolute Gasteiger partial charge is 0.468 e. The van der Waals surface area contributed by atoms with Gasteiger partial charge in [-0.3, -0.25) is 14.4 Å². The van der Waals surface area contributed by atoms with Gasteiger partial charge < -0.3 is 4.74 Å². The van der Waals surface area contributed by atoms with Gasteiger partial charge in [0.05, 0.1) is 7.11 Å². The lowest BCUT2D eigenvalue weighted by atomic mass is 9.59. The molecule has 0 amide bonds. The molecule has 2 rings (SSSR count). The van der Waals surface area contributed by atoms with Gasteiger partial charge in [0.1, 0.15) is 5.41 Å². The summed E-state index contributed by atoms with van der Waals surface area (Å²) in [5, 5.41) is 0. The van der Waals surface area contributed by atoms with E-state index in [1.54, 1.807) is 0 Å². The van der Waals surface area contributed by atoms with Gasteiger partial charge in [0.2, 0.25) is 0 Å². The Kier molecular flexibility index (Phi) is 2.97. The van der Waals surface area contributed by atoms with E-state index < -0.39 is 17.3 Å². The van der Waals surface area contributed by atoms with Crippen molar-refractivity contribution in [2.75, 3.05) is 7.11 Å². The third-order valence-corrected chi connectivity index (χ3v) is 4.11. The van der Waals surface area contributed by atoms with Crippen LogP contribution >= 0.6 is 0 Å². The van der Waals surface area contributed by atoms with Gasteiger partial charge in [-0.15, -0.1) is 0 Å². The molecule has 0 aromatic rings. The maximum Gasteiger partial charge on any atom is 0.320 e. The predicted octanol–water partition coefficient (Wildman–Crippen LogP) is 1.60. The molecule has 2 aliphatic carbocycles. The Labute approximate surface area is 106 Å². The van der Waals surface area contributed by atoms with Crippen LogP contribution in [0.25, 0.3) is 0 Å². The monoisotopic (exact) mass is 248 g/mol. The van der Waals surface area contributed by atoms with E-state index in [4.69, 9.17) is 4.74 Å². The quantitative estimate of drug-likeness (QED) is 0.402. The number of ketones is 2. The first-order chi connectivity index (χ1) is 8.43. The molecule has 18 heavy (non-hydrogen) atoms. The molecule has 0 aromatic carbocycles. The number of rotatable bonds is 1. The fourth-order valence-corrected chi connectivity index (χ4v) is 2.87. The van der Waals surface area contributed by atoms with Crippen molar-refractivity contribution in [3.63, 3.8) is 0 Å². The molecule has 2 unspecified atom stereocenters. The molecule has 2 atom stereocenters. The number of allylic oxidation sites excluding steroid dienone is 4. The Balaban J connectivity index is 2.60. The van der Waals surface area contributed by atoms with Gasteiger partial charge in [-0.2, -0.15) is 0 Å². The van der Waals surface area contributed by atoms with E-state index in [0.29, 0.717) is 6.42 Å². The third-order valence-electron chi connectivity index (χ3n) is 4.11. The zero-order chi connectivity index (χ0) is 13.5. The first-order valence-corrected chi connectivity index (χ1v) is 5.93. The highest BCUT2D eigenvalue weighted by Gasteiger charge is 2.57. The highest BCUT2D eigenvalue weighted by atomic mass is 16.5. The van der Waals surface area contributed by atoms with Crippen LogP contribution in [-0.4, -0.2) is 24.6 Å². The summed E-state index contributed by atoms with van der Waals surface area (Å²) in [7, 11) is 1.25. The summed E-state index contributed by atoms with van der Waals surface area (Å²) in [6.45, 7) is 3.83. The van der Waals surface area contributed by atoms with Crippen molar-refractivity contribution in [2.45, 2.75) is 26.7 Å². The highest BCUT2D eigenvalue weighted by molar-refractivity contribution is 6.18. The summed E-state index contributed by atoms with van der Waals surface area (Å²) < 4.78 is 4.78. The van der Waals surface area contributed by atoms with Crippen LogP contribution in [0.4, 0.5) is 0 Å². The van der Waals surface area contributed by atoms with E-state index in [1.165, 1.54) is 19.3 Å². The van der Waals surface area contributed by atoms with Crippen molar-refractivity contribution in [2.24, 2.45) is 11.3 Å². The van der Waals surface area contributed by atoms with Gasteiger partial charge in [0, 0.05) is 5.92 Å². The maximum atomic E-state index is 12.2. The highest BCUT2D eigenvalue weighted by Crippen LogP contribution is 2.47. The summed E-state index contributed by atoms with van der Waals surface area (Å²) >= 11 is 0. The number of carbonyl (C=O) groups is 3. The van der Waals surface area contributed by atoms with Gasteiger partial charge >= 0.3 is 5.97 Å². The summed E-state index contributed by atoms with van der Waals surface area (Å²) in [6, 6.07) is 0. The van der Waals surface area contributed by atoms with Crippen molar-refractivity contribution in [1.82, 2.24) is 0 Å². The van der Waals surface area contributed by atoms with Crippen LogP contribution in [0, 0.1) is 11.3 Å². The van der Waals surface area contributed by atoms with Gasteiger partial charge in [-0.25, -0.2) is 0 Å². The zero-order valence-corrected chi connectivity index (χ0v) is 10.8. The van der Waals surface area contributed by atoms with Gasteiger partial charge in [-0.1, -0.05) is 11.1 Å². The normalized spacial score (nSPS) is 31.4. The third kappa shape index (κ3) is 1.55. The van der Waals surface area contributed by atoms with Crippen molar-refractivity contribution in [3.8, 4) is 0 Å². The Morgan fingerprint density at radius 1 is 1.28 bits per heavy atom. The Morgan fingerprint density at radius 2 is 1.94 bits per heavy atom. The Morgan fingerprint density at radius 3 is 2.56 bits per heavy atom. The Bertz CT molecular complexity index is 498. The molecule has 0 fully saturated rings. The minimum atomic E-state index is -1.33. The number of esters is 1. The van der Waals surface area contributed by atoms with Gasteiger partial charge in [-0.05, 0) is 38.8 Å². The molecule has 0 aromatic heterocycles. The van der Waals surface area contributed by atoms with Crippen molar-refractivity contribution >= 4 is 17.5 Å². The number of ether oxygens (including phenoxy) is 1. The molecular formula is C14H16O4. The Hall–Kier alpha value is -1.71. The predicted molar refractivity (Wildman–Crippen MR) is 64.7 cm³/mol. The molecule has 4 nitrogen and oxygen atoms in total. The van der Waals surface area contributed by atoms with Crippen LogP contribution in [-0.2, 0) is 19.1 Å². The summed E-state index contributed by atoms with van der Waals surface area (Å²) in [5.74, 6) is -1.68. The molecule has 96 valence electrons. The molecule has 0 saturated carbocycles. The lowest BCUT2D eigenvalue weighted by Gasteiger charge is -2.41. The zero-order valence-electron chi connectivity index (χ0n) is 10.8. The summed E-state index contributed by atoms with van der Waals surface area (Å²) in [5.41, 5.74) is 0.744. The number of carbonyl (C=O) groups excluding carboxylic acids is 3. The molecule has 0 spiro atoms. The second-order valence-corrected chi connectivity index (χ2v) is 5.06. The topological polar surface area (TPSA) is 60.4 Å². The van der Waals surface area contributed by atoms with E-state index in [9.17, 15) is 14.4 Å². The van der Waals surface area contributed by atoms with Crippen LogP contribution in [0.5, 0.6) is 0 Å². The van der Waals surface area contributed by atoms with E-state index in [-0.39, 0.29) is 18.0 Å². The summed E-state index contributed by atoms with van der Waals surface area (Å²) in [4.78, 5) is 36.2. The maximum absolute atomic E-state index is 12.2. The first-order valence-electron chi connectivity index (χ1n) is 5.93. The van der Waals surface area contributed by atoms with Crippen LogP contribution < -0.4 is 0 Å². The molecule has 2 aliphatic rings. The summed E-state index contributed by atoms with van der Waals surface area (Å²) in [6.07, 6.45) is 3.23. The van der Waals surface area contributed by atoms with Crippen molar-refractivity contribution in [3.05, 3.63) is 23.3 Å². The van der Waals surface area contributed by atoms with E-state index in [0.717, 1.165) is 11.1 Å². The first kappa shape index (κ1) is 12.7. The number of methoxy groups -OCH3 is 1. The van der Waals surface area contributed by atoms with Crippen LogP contribution in [0.3, 0.4) is 0 Å². The van der Waals surface area contributed by atoms with E-state index in [1.807, 2.05) is 13.8 Å². The SMILES string of the molecule is COC(=O)C12CC(C)=C(C)CC1C(=O)C=CC2=O. The second kappa shape index (κ2) is 4.19. The van der Waals surface area contributed by atoms with Crippen LogP contribution in [0.1, 0.15) is 26.7 Å². The fourth-order valence-electron chi connectivity index (χ4n) is 2.87. The molecule has 0 heterocycles. The number of hydrogen-bond donors (Lipinski definition) is 0. The van der Waals surface area contributed by atoms with E-state index >= 15 is 0 Å². The van der Waals surface area contributed by atoms with Crippen molar-refractivity contribution in [1.29, 1.82) is 0 Å². The van der Waals surface area contributed by atoms with Gasteiger partial charge in [0.15, 0.2) is 11.6 Å². The van der Waals surface area contributed by atoms with Crippen molar-refractivity contribution < 1.29 is 19.1 Å². The smallest absolute Gasteiger partial charge is 0.320 e. The molecule has 0 radical (unpaired) electrons. The molecular weight excluding hydrogens is 232 g/mol. The second-order valence-electron chi connectivity index (χ2n) is 5.06. The number of hydrogen-bond acceptors (Lipinski definition) is 4. The van der Waals surface area contributed by atoms with Crippen LogP contribution in [0.2, 0.25) is 0 Å². The lowest BCUT2D eigenvalue weighted by Crippen LogP contribution is -2.52. The molecule has 4 heteroatoms. The van der Waals surface area contributed by atoms with E-state index in [2.05, 4.69) is 0 Å². The van der Waals surface area contributed by atoms with Crippen LogP contribution in [0.15, 0.2) is 23.3 Å². The average molecular weight is 248 g/mol. The number of fused-ring (bicyclic) bond motifs is 1. The molecule has 0 saturated heterocycles.